The van der Waals surface area contributed by atoms with E-state index in [4.69, 9.17) is 0 Å². The van der Waals surface area contributed by atoms with Crippen molar-refractivity contribution in [2.45, 2.75) is 19.0 Å². The van der Waals surface area contributed by atoms with Crippen LogP contribution >= 0.6 is 38.5 Å². The molecule has 2 aliphatic rings. The summed E-state index contributed by atoms with van der Waals surface area (Å²) in [5.41, 5.74) is 2.96. The number of hydrogen-bond donors (Lipinski definition) is 0. The number of ketones is 1. The van der Waals surface area contributed by atoms with E-state index in [1.54, 1.807) is 12.2 Å². The minimum atomic E-state index is -0.788. The maximum atomic E-state index is 13.4. The van der Waals surface area contributed by atoms with Gasteiger partial charge in [0.2, 0.25) is 0 Å². The summed E-state index contributed by atoms with van der Waals surface area (Å²) in [5, 5.41) is 0. The molecule has 2 aromatic carbocycles. The first-order chi connectivity index (χ1) is 13.4. The molecule has 0 saturated carbocycles. The summed E-state index contributed by atoms with van der Waals surface area (Å²) in [6.45, 7) is 2.37. The molecule has 2 aromatic rings. The zero-order valence-corrected chi connectivity index (χ0v) is 18.9. The third-order valence-corrected chi connectivity index (χ3v) is 7.04. The average Bonchev–Trinajstić information content (AvgIpc) is 2.90. The Morgan fingerprint density at radius 1 is 1.04 bits per heavy atom. The van der Waals surface area contributed by atoms with E-state index in [1.165, 1.54) is 0 Å². The number of rotatable bonds is 3. The Hall–Kier alpha value is -1.99. The maximum absolute atomic E-state index is 13.4. The topological polar surface area (TPSA) is 37.4 Å². The fourth-order valence-corrected chi connectivity index (χ4v) is 5.23. The minimum absolute atomic E-state index is 0.0553. The third-order valence-electron chi connectivity index (χ3n) is 5.26. The summed E-state index contributed by atoms with van der Waals surface area (Å²) in [4.78, 5) is 27.3. The van der Waals surface area contributed by atoms with Gasteiger partial charge in [0.25, 0.3) is 5.91 Å². The van der Waals surface area contributed by atoms with Gasteiger partial charge >= 0.3 is 0 Å². The Balaban J connectivity index is 1.92. The molecule has 1 aliphatic heterocycles. The lowest BCUT2D eigenvalue weighted by atomic mass is 9.77. The van der Waals surface area contributed by atoms with Gasteiger partial charge < -0.3 is 4.90 Å². The van der Waals surface area contributed by atoms with Crippen molar-refractivity contribution in [3.63, 3.8) is 0 Å². The van der Waals surface area contributed by atoms with Gasteiger partial charge in [-0.2, -0.15) is 0 Å². The number of nitrogens with zero attached hydrogens (tertiary/aromatic N) is 1. The van der Waals surface area contributed by atoms with Crippen LogP contribution in [0.15, 0.2) is 82.9 Å². The van der Waals surface area contributed by atoms with Crippen LogP contribution in [0.5, 0.6) is 0 Å². The molecule has 28 heavy (non-hydrogen) atoms. The Morgan fingerprint density at radius 2 is 1.71 bits per heavy atom. The zero-order valence-electron chi connectivity index (χ0n) is 15.2. The van der Waals surface area contributed by atoms with Crippen LogP contribution in [-0.2, 0) is 16.1 Å². The van der Waals surface area contributed by atoms with E-state index in [2.05, 4.69) is 38.5 Å². The van der Waals surface area contributed by atoms with E-state index in [-0.39, 0.29) is 11.7 Å². The minimum Gasteiger partial charge on any atom is -0.317 e. The molecule has 5 heteroatoms. The van der Waals surface area contributed by atoms with Gasteiger partial charge in [0, 0.05) is 15.7 Å². The summed E-state index contributed by atoms with van der Waals surface area (Å²) in [6, 6.07) is 17.9. The first-order valence-corrected chi connectivity index (χ1v) is 10.8. The van der Waals surface area contributed by atoms with Crippen molar-refractivity contribution in [1.29, 1.82) is 0 Å². The number of benzene rings is 2. The highest BCUT2D eigenvalue weighted by molar-refractivity contribution is 14.1. The van der Waals surface area contributed by atoms with Crippen LogP contribution in [0.1, 0.15) is 18.1 Å². The molecule has 0 aromatic heterocycles. The van der Waals surface area contributed by atoms with E-state index in [0.29, 0.717) is 11.0 Å². The summed E-state index contributed by atoms with van der Waals surface area (Å²) in [6.07, 6.45) is 5.07. The average molecular weight is 546 g/mol. The van der Waals surface area contributed by atoms with Gasteiger partial charge in [-0.15, -0.1) is 0 Å². The van der Waals surface area contributed by atoms with Crippen molar-refractivity contribution in [3.05, 3.63) is 97.6 Å². The van der Waals surface area contributed by atoms with Crippen molar-refractivity contribution in [2.75, 3.05) is 0 Å². The van der Waals surface area contributed by atoms with Crippen molar-refractivity contribution in [3.8, 4) is 0 Å². The molecule has 0 N–H and O–H groups in total. The molecule has 1 spiro atoms. The number of hydrogen-bond acceptors (Lipinski definition) is 2. The lowest BCUT2D eigenvalue weighted by molar-refractivity contribution is -0.128. The first kappa shape index (κ1) is 19.3. The van der Waals surface area contributed by atoms with Crippen LogP contribution in [0.3, 0.4) is 0 Å². The van der Waals surface area contributed by atoms with Crippen molar-refractivity contribution in [2.24, 2.45) is 0 Å². The smallest absolute Gasteiger partial charge is 0.262 e. The molecule has 4 rings (SSSR count). The number of carbonyl (C=O) groups is 2. The summed E-state index contributed by atoms with van der Waals surface area (Å²) < 4.78 is 1.64. The Morgan fingerprint density at radius 3 is 2.39 bits per heavy atom. The van der Waals surface area contributed by atoms with E-state index >= 15 is 0 Å². The fraction of sp³-hybridized carbons (Fsp3) is 0.130. The molecule has 1 unspecified atom stereocenters. The van der Waals surface area contributed by atoms with Gasteiger partial charge in [-0.25, -0.2) is 0 Å². The molecule has 0 saturated heterocycles. The summed E-state index contributed by atoms with van der Waals surface area (Å²) in [7, 11) is 0. The van der Waals surface area contributed by atoms with Crippen LogP contribution in [0.4, 0.5) is 0 Å². The molecule has 1 aliphatic carbocycles. The molecule has 0 radical (unpaired) electrons. The van der Waals surface area contributed by atoms with Crippen LogP contribution in [0, 0.1) is 3.57 Å². The molecule has 1 heterocycles. The van der Waals surface area contributed by atoms with E-state index < -0.39 is 5.54 Å². The summed E-state index contributed by atoms with van der Waals surface area (Å²) >= 11 is 5.87. The number of amides is 1. The van der Waals surface area contributed by atoms with Gasteiger partial charge in [-0.3, -0.25) is 9.59 Å². The van der Waals surface area contributed by atoms with Crippen molar-refractivity contribution < 1.29 is 9.59 Å². The number of halogens is 2. The quantitative estimate of drug-likeness (QED) is 0.493. The van der Waals surface area contributed by atoms with E-state index in [1.807, 2.05) is 72.5 Å². The van der Waals surface area contributed by atoms with Gasteiger partial charge in [-0.1, -0.05) is 48.5 Å². The van der Waals surface area contributed by atoms with Crippen molar-refractivity contribution in [1.82, 2.24) is 4.90 Å². The SMILES string of the molecule is CC1=CC(=O)C=CC12C(c1ccccc1)=C(Br)C(=O)N2Cc1ccccc1I. The molecule has 1 amide bonds. The van der Waals surface area contributed by atoms with Crippen LogP contribution in [-0.4, -0.2) is 22.1 Å². The van der Waals surface area contributed by atoms with Crippen LogP contribution < -0.4 is 0 Å². The highest BCUT2D eigenvalue weighted by Gasteiger charge is 2.51. The normalized spacial score (nSPS) is 21.7. The maximum Gasteiger partial charge on any atom is 0.262 e. The third kappa shape index (κ3) is 3.01. The molecular weight excluding hydrogens is 529 g/mol. The first-order valence-electron chi connectivity index (χ1n) is 8.88. The molecule has 140 valence electrons. The van der Waals surface area contributed by atoms with Crippen LogP contribution in [0.2, 0.25) is 0 Å². The second kappa shape index (κ2) is 7.44. The number of allylic oxidation sites excluding steroid dienone is 2. The zero-order chi connectivity index (χ0) is 19.9. The highest BCUT2D eigenvalue weighted by atomic mass is 127. The van der Waals surface area contributed by atoms with Crippen molar-refractivity contribution >= 4 is 55.8 Å². The van der Waals surface area contributed by atoms with Crippen LogP contribution in [0.25, 0.3) is 5.57 Å². The van der Waals surface area contributed by atoms with Gasteiger partial charge in [-0.05, 0) is 86.4 Å². The fourth-order valence-electron chi connectivity index (χ4n) is 3.92. The van der Waals surface area contributed by atoms with Gasteiger partial charge in [0.1, 0.15) is 5.54 Å². The molecule has 3 nitrogen and oxygen atoms in total. The second-order valence-electron chi connectivity index (χ2n) is 6.87. The molecular formula is C23H17BrINO2. The Kier molecular flexibility index (Phi) is 5.14. The highest BCUT2D eigenvalue weighted by Crippen LogP contribution is 2.50. The van der Waals surface area contributed by atoms with Gasteiger partial charge in [0.05, 0.1) is 4.48 Å². The predicted octanol–water partition coefficient (Wildman–Crippen LogP) is 5.26. The Labute approximate surface area is 186 Å². The lowest BCUT2D eigenvalue weighted by Crippen LogP contribution is -2.48. The summed E-state index contributed by atoms with van der Waals surface area (Å²) in [5.74, 6) is -0.134. The molecule has 0 bridgehead atoms. The monoisotopic (exact) mass is 545 g/mol. The number of carbonyl (C=O) groups excluding carboxylic acids is 2. The lowest BCUT2D eigenvalue weighted by Gasteiger charge is -2.41. The second-order valence-corrected chi connectivity index (χ2v) is 8.82. The predicted molar refractivity (Wildman–Crippen MR) is 123 cm³/mol. The molecule has 0 fully saturated rings. The largest absolute Gasteiger partial charge is 0.317 e. The van der Waals surface area contributed by atoms with Gasteiger partial charge in [0.15, 0.2) is 5.78 Å². The standard InChI is InChI=1S/C23H17BrINO2/c1-15-13-18(27)11-12-23(15)20(16-7-3-2-4-8-16)21(24)22(28)26(23)14-17-9-5-6-10-19(17)25/h2-13H,14H2,1H3. The van der Waals surface area contributed by atoms with E-state index in [9.17, 15) is 9.59 Å². The van der Waals surface area contributed by atoms with E-state index in [0.717, 1.165) is 25.8 Å². The Bertz CT molecular complexity index is 1070. The molecule has 1 atom stereocenters.